The van der Waals surface area contributed by atoms with Gasteiger partial charge in [0.1, 0.15) is 0 Å². The molecule has 0 radical (unpaired) electrons. The lowest BCUT2D eigenvalue weighted by Crippen LogP contribution is -2.51. The van der Waals surface area contributed by atoms with Crippen molar-refractivity contribution in [3.8, 4) is 0 Å². The summed E-state index contributed by atoms with van der Waals surface area (Å²) in [5, 5.41) is 11.7. The number of aromatic nitrogens is 1. The molecule has 0 aliphatic carbocycles. The van der Waals surface area contributed by atoms with Crippen LogP contribution in [0.3, 0.4) is 0 Å². The lowest BCUT2D eigenvalue weighted by molar-refractivity contribution is -0.236. The zero-order valence-electron chi connectivity index (χ0n) is 11.1. The van der Waals surface area contributed by atoms with Gasteiger partial charge in [0.25, 0.3) is 0 Å². The molecule has 2 atom stereocenters. The molecule has 0 spiro atoms. The summed E-state index contributed by atoms with van der Waals surface area (Å²) in [7, 11) is 0. The number of carboxylic acid groups (broad SMARTS) is 1. The Morgan fingerprint density at radius 2 is 2.30 bits per heavy atom. The SMILES string of the molecule is CCn1cccc1CC1CNCC1(C(=O)O)C(F)(F)F. The monoisotopic (exact) mass is 290 g/mol. The zero-order valence-corrected chi connectivity index (χ0v) is 11.1. The van der Waals surface area contributed by atoms with E-state index in [0.29, 0.717) is 6.54 Å². The largest absolute Gasteiger partial charge is 0.481 e. The average molecular weight is 290 g/mol. The van der Waals surface area contributed by atoms with Crippen LogP contribution < -0.4 is 5.32 Å². The van der Waals surface area contributed by atoms with Crippen molar-refractivity contribution in [2.24, 2.45) is 11.3 Å². The highest BCUT2D eigenvalue weighted by Crippen LogP contribution is 2.47. The Labute approximate surface area is 114 Å². The van der Waals surface area contributed by atoms with Crippen molar-refractivity contribution in [3.05, 3.63) is 24.0 Å². The first-order valence-electron chi connectivity index (χ1n) is 6.47. The normalized spacial score (nSPS) is 26.9. The van der Waals surface area contributed by atoms with E-state index in [1.54, 1.807) is 18.3 Å². The first-order chi connectivity index (χ1) is 9.33. The lowest BCUT2D eigenvalue weighted by Gasteiger charge is -2.32. The van der Waals surface area contributed by atoms with Crippen molar-refractivity contribution in [2.45, 2.75) is 26.1 Å². The van der Waals surface area contributed by atoms with E-state index < -0.39 is 30.0 Å². The summed E-state index contributed by atoms with van der Waals surface area (Å²) < 4.78 is 41.7. The van der Waals surface area contributed by atoms with Crippen LogP contribution in [0.5, 0.6) is 0 Å². The van der Waals surface area contributed by atoms with Gasteiger partial charge in [-0.1, -0.05) is 0 Å². The van der Waals surface area contributed by atoms with Gasteiger partial charge in [0.05, 0.1) is 0 Å². The molecule has 1 aliphatic rings. The molecule has 20 heavy (non-hydrogen) atoms. The summed E-state index contributed by atoms with van der Waals surface area (Å²) in [4.78, 5) is 11.3. The van der Waals surface area contributed by atoms with Gasteiger partial charge in [-0.25, -0.2) is 0 Å². The number of carboxylic acids is 1. The minimum atomic E-state index is -4.77. The van der Waals surface area contributed by atoms with Crippen molar-refractivity contribution in [1.82, 2.24) is 9.88 Å². The molecule has 1 aromatic rings. The van der Waals surface area contributed by atoms with E-state index in [0.717, 1.165) is 5.69 Å². The number of aryl methyl sites for hydroxylation is 1. The Balaban J connectivity index is 2.33. The highest BCUT2D eigenvalue weighted by atomic mass is 19.4. The summed E-state index contributed by atoms with van der Waals surface area (Å²) in [6, 6.07) is 3.50. The van der Waals surface area contributed by atoms with Gasteiger partial charge in [-0.15, -0.1) is 0 Å². The van der Waals surface area contributed by atoms with Gasteiger partial charge in [0, 0.05) is 30.9 Å². The second-order valence-corrected chi connectivity index (χ2v) is 5.09. The fourth-order valence-corrected chi connectivity index (χ4v) is 2.91. The highest BCUT2D eigenvalue weighted by Gasteiger charge is 2.66. The number of halogens is 3. The third-order valence-electron chi connectivity index (χ3n) is 4.10. The van der Waals surface area contributed by atoms with Crippen molar-refractivity contribution >= 4 is 5.97 Å². The van der Waals surface area contributed by atoms with Crippen LogP contribution in [-0.2, 0) is 17.8 Å². The molecule has 2 rings (SSSR count). The van der Waals surface area contributed by atoms with Crippen molar-refractivity contribution in [1.29, 1.82) is 0 Å². The summed E-state index contributed by atoms with van der Waals surface area (Å²) >= 11 is 0. The molecule has 0 saturated carbocycles. The number of hydrogen-bond acceptors (Lipinski definition) is 2. The second kappa shape index (κ2) is 5.12. The molecule has 0 amide bonds. The van der Waals surface area contributed by atoms with Gasteiger partial charge in [-0.05, 0) is 32.0 Å². The van der Waals surface area contributed by atoms with E-state index in [4.69, 9.17) is 5.11 Å². The number of rotatable bonds is 4. The Morgan fingerprint density at radius 3 is 2.85 bits per heavy atom. The van der Waals surface area contributed by atoms with E-state index in [2.05, 4.69) is 5.32 Å². The number of alkyl halides is 3. The van der Waals surface area contributed by atoms with E-state index in [1.165, 1.54) is 0 Å². The van der Waals surface area contributed by atoms with E-state index >= 15 is 0 Å². The quantitative estimate of drug-likeness (QED) is 0.890. The molecule has 112 valence electrons. The maximum Gasteiger partial charge on any atom is 0.406 e. The summed E-state index contributed by atoms with van der Waals surface area (Å²) in [6.45, 7) is 2.03. The first-order valence-corrected chi connectivity index (χ1v) is 6.47. The minimum Gasteiger partial charge on any atom is -0.481 e. The van der Waals surface area contributed by atoms with Crippen LogP contribution in [0.25, 0.3) is 0 Å². The molecule has 2 unspecified atom stereocenters. The van der Waals surface area contributed by atoms with Crippen molar-refractivity contribution < 1.29 is 23.1 Å². The third kappa shape index (κ3) is 2.19. The number of nitrogens with one attached hydrogen (secondary N) is 1. The standard InChI is InChI=1S/C13H17F3N2O2/c1-2-18-5-3-4-10(18)6-9-7-17-8-12(9,11(19)20)13(14,15)16/h3-5,9,17H,2,6-8H2,1H3,(H,19,20). The zero-order chi connectivity index (χ0) is 15.0. The molecule has 1 saturated heterocycles. The third-order valence-corrected chi connectivity index (χ3v) is 4.10. The van der Waals surface area contributed by atoms with Crippen LogP contribution in [0.1, 0.15) is 12.6 Å². The summed E-state index contributed by atoms with van der Waals surface area (Å²) in [5.41, 5.74) is -1.97. The van der Waals surface area contributed by atoms with Crippen molar-refractivity contribution in [2.75, 3.05) is 13.1 Å². The fourth-order valence-electron chi connectivity index (χ4n) is 2.91. The van der Waals surface area contributed by atoms with Crippen LogP contribution in [0.4, 0.5) is 13.2 Å². The molecule has 4 nitrogen and oxygen atoms in total. The van der Waals surface area contributed by atoms with Gasteiger partial charge >= 0.3 is 12.1 Å². The molecule has 2 N–H and O–H groups in total. The Kier molecular flexibility index (Phi) is 3.82. The lowest BCUT2D eigenvalue weighted by atomic mass is 9.75. The first kappa shape index (κ1) is 14.9. The highest BCUT2D eigenvalue weighted by molar-refractivity contribution is 5.77. The molecule has 7 heteroatoms. The van der Waals surface area contributed by atoms with E-state index in [1.807, 2.05) is 11.5 Å². The molecule has 1 aliphatic heterocycles. The van der Waals surface area contributed by atoms with Crippen LogP contribution in [-0.4, -0.2) is 34.9 Å². The van der Waals surface area contributed by atoms with E-state index in [-0.39, 0.29) is 13.0 Å². The van der Waals surface area contributed by atoms with Crippen molar-refractivity contribution in [3.63, 3.8) is 0 Å². The summed E-state index contributed by atoms with van der Waals surface area (Å²) in [6.07, 6.45) is -2.88. The Bertz CT molecular complexity index is 498. The fraction of sp³-hybridized carbons (Fsp3) is 0.615. The molecule has 0 bridgehead atoms. The van der Waals surface area contributed by atoms with Crippen LogP contribution >= 0.6 is 0 Å². The summed E-state index contributed by atoms with van der Waals surface area (Å²) in [5.74, 6) is -2.80. The molecule has 0 aromatic carbocycles. The maximum absolute atomic E-state index is 13.3. The number of nitrogens with zero attached hydrogens (tertiary/aromatic N) is 1. The predicted octanol–water partition coefficient (Wildman–Crippen LogP) is 1.90. The van der Waals surface area contributed by atoms with Crippen LogP contribution in [0.2, 0.25) is 0 Å². The van der Waals surface area contributed by atoms with Crippen LogP contribution in [0, 0.1) is 11.3 Å². The number of aliphatic carboxylic acids is 1. The minimum absolute atomic E-state index is 0.0563. The van der Waals surface area contributed by atoms with Crippen LogP contribution in [0.15, 0.2) is 18.3 Å². The smallest absolute Gasteiger partial charge is 0.406 e. The molecule has 2 heterocycles. The van der Waals surface area contributed by atoms with Gasteiger partial charge in [-0.3, -0.25) is 4.79 Å². The maximum atomic E-state index is 13.3. The van der Waals surface area contributed by atoms with Gasteiger partial charge in [0.15, 0.2) is 5.41 Å². The topological polar surface area (TPSA) is 54.3 Å². The van der Waals surface area contributed by atoms with Gasteiger partial charge in [-0.2, -0.15) is 13.2 Å². The molecular formula is C13H17F3N2O2. The Morgan fingerprint density at radius 1 is 1.60 bits per heavy atom. The second-order valence-electron chi connectivity index (χ2n) is 5.09. The van der Waals surface area contributed by atoms with Gasteiger partial charge in [0.2, 0.25) is 0 Å². The predicted molar refractivity (Wildman–Crippen MR) is 66.3 cm³/mol. The molecule has 1 fully saturated rings. The van der Waals surface area contributed by atoms with Gasteiger partial charge < -0.3 is 15.0 Å². The van der Waals surface area contributed by atoms with E-state index in [9.17, 15) is 18.0 Å². The Hall–Kier alpha value is -1.50. The average Bonchev–Trinajstić information content (AvgIpc) is 2.95. The number of hydrogen-bond donors (Lipinski definition) is 2. The molecule has 1 aromatic heterocycles. The molecular weight excluding hydrogens is 273 g/mol. The number of carbonyl (C=O) groups is 1.